The third kappa shape index (κ3) is 3.57. The third-order valence-electron chi connectivity index (χ3n) is 2.09. The molecule has 0 saturated heterocycles. The maximum atomic E-state index is 12.2. The second-order valence-electron chi connectivity index (χ2n) is 3.26. The molecule has 0 saturated carbocycles. The van der Waals surface area contributed by atoms with Gasteiger partial charge in [-0.3, -0.25) is 4.79 Å². The Balaban J connectivity index is 4.81. The number of hydrogen-bond donors (Lipinski definition) is 0. The van der Waals surface area contributed by atoms with Gasteiger partial charge in [0, 0.05) is 6.54 Å². The second-order valence-corrected chi connectivity index (χ2v) is 3.26. The summed E-state index contributed by atoms with van der Waals surface area (Å²) in [6.07, 6.45) is -4.72. The van der Waals surface area contributed by atoms with Gasteiger partial charge < -0.3 is 9.74 Å². The number of carbonyl (C=O) groups is 1. The highest BCUT2D eigenvalue weighted by molar-refractivity contribution is 5.94. The van der Waals surface area contributed by atoms with Gasteiger partial charge in [0.15, 0.2) is 0 Å². The van der Waals surface area contributed by atoms with Crippen LogP contribution < -0.4 is 0 Å². The molecular weight excluding hydrogens is 221 g/mol. The van der Waals surface area contributed by atoms with Crippen molar-refractivity contribution >= 4 is 5.91 Å². The van der Waals surface area contributed by atoms with Crippen molar-refractivity contribution in [1.29, 1.82) is 0 Å². The zero-order chi connectivity index (χ0) is 12.9. The van der Waals surface area contributed by atoms with Crippen molar-refractivity contribution in [2.24, 2.45) is 0 Å². The maximum Gasteiger partial charge on any atom is 0.421 e. The second kappa shape index (κ2) is 5.54. The quantitative estimate of drug-likeness (QED) is 0.541. The Morgan fingerprint density at radius 1 is 1.56 bits per heavy atom. The van der Waals surface area contributed by atoms with Gasteiger partial charge in [-0.2, -0.15) is 13.2 Å². The molecule has 90 valence electrons. The minimum atomic E-state index is -4.72. The Morgan fingerprint density at radius 2 is 2.06 bits per heavy atom. The number of rotatable bonds is 4. The lowest BCUT2D eigenvalue weighted by Crippen LogP contribution is -2.42. The number of carbonyl (C=O) groups excluding carboxylic acids is 1. The number of halogens is 3. The molecule has 0 spiro atoms. The van der Waals surface area contributed by atoms with Crippen LogP contribution >= 0.6 is 0 Å². The van der Waals surface area contributed by atoms with E-state index in [9.17, 15) is 18.0 Å². The van der Waals surface area contributed by atoms with Gasteiger partial charge in [-0.05, 0) is 13.8 Å². The predicted octanol–water partition coefficient (Wildman–Crippen LogP) is 2.26. The molecule has 0 unspecified atom stereocenters. The Morgan fingerprint density at radius 3 is 2.38 bits per heavy atom. The monoisotopic (exact) mass is 234 g/mol. The fourth-order valence-corrected chi connectivity index (χ4v) is 1.18. The van der Waals surface area contributed by atoms with Gasteiger partial charge in [0.1, 0.15) is 11.6 Å². The summed E-state index contributed by atoms with van der Waals surface area (Å²) >= 11 is 0. The summed E-state index contributed by atoms with van der Waals surface area (Å²) in [5.41, 5.74) is -1.40. The Bertz CT molecular complexity index is 317. The summed E-state index contributed by atoms with van der Waals surface area (Å²) in [7, 11) is 0. The molecule has 0 aromatic rings. The average Bonchev–Trinajstić information content (AvgIpc) is 2.16. The van der Waals surface area contributed by atoms with Crippen LogP contribution in [0.5, 0.6) is 0 Å². The van der Waals surface area contributed by atoms with Gasteiger partial charge in [0.2, 0.25) is 6.54 Å². The van der Waals surface area contributed by atoms with Crippen LogP contribution in [0.4, 0.5) is 13.2 Å². The van der Waals surface area contributed by atoms with Gasteiger partial charge in [-0.15, -0.1) is 0 Å². The molecule has 0 bridgehead atoms. The molecule has 0 aliphatic carbocycles. The molecule has 0 aliphatic rings. The highest BCUT2D eigenvalue weighted by atomic mass is 19.4. The van der Waals surface area contributed by atoms with Crippen LogP contribution in [-0.2, 0) is 4.79 Å². The van der Waals surface area contributed by atoms with E-state index in [0.29, 0.717) is 0 Å². The molecule has 0 fully saturated rings. The first kappa shape index (κ1) is 14.5. The molecule has 3 nitrogen and oxygen atoms in total. The summed E-state index contributed by atoms with van der Waals surface area (Å²) < 4.78 is 36.7. The molecule has 0 aromatic carbocycles. The van der Waals surface area contributed by atoms with E-state index in [2.05, 4.69) is 11.4 Å². The predicted molar refractivity (Wildman–Crippen MR) is 53.5 cm³/mol. The molecular formula is C10H13F3N2O. The van der Waals surface area contributed by atoms with E-state index in [1.165, 1.54) is 6.92 Å². The van der Waals surface area contributed by atoms with Crippen LogP contribution in [0.15, 0.2) is 12.2 Å². The number of nitrogens with zero attached hydrogens (tertiary/aromatic N) is 2. The summed E-state index contributed by atoms with van der Waals surface area (Å²) in [4.78, 5) is 15.5. The number of amides is 1. The SMILES string of the molecule is [C-]#[N+]C[C@@H](C)N(CC)C(=O)C(=C)C(F)(F)F. The lowest BCUT2D eigenvalue weighted by atomic mass is 10.2. The number of alkyl halides is 3. The topological polar surface area (TPSA) is 24.7 Å². The molecule has 0 rings (SSSR count). The molecule has 0 aromatic heterocycles. The zero-order valence-electron chi connectivity index (χ0n) is 9.14. The van der Waals surface area contributed by atoms with Crippen molar-refractivity contribution in [3.8, 4) is 0 Å². The molecule has 0 aliphatic heterocycles. The van der Waals surface area contributed by atoms with Crippen molar-refractivity contribution in [3.05, 3.63) is 23.6 Å². The van der Waals surface area contributed by atoms with Crippen LogP contribution in [0.2, 0.25) is 0 Å². The van der Waals surface area contributed by atoms with Gasteiger partial charge in [-0.1, -0.05) is 6.58 Å². The Hall–Kier alpha value is -1.51. The van der Waals surface area contributed by atoms with E-state index in [4.69, 9.17) is 6.57 Å². The summed E-state index contributed by atoms with van der Waals surface area (Å²) in [5.74, 6) is -1.16. The fraction of sp³-hybridized carbons (Fsp3) is 0.600. The molecule has 1 atom stereocenters. The summed E-state index contributed by atoms with van der Waals surface area (Å²) in [6, 6.07) is -0.547. The largest absolute Gasteiger partial charge is 0.421 e. The lowest BCUT2D eigenvalue weighted by molar-refractivity contribution is -0.140. The lowest BCUT2D eigenvalue weighted by Gasteiger charge is -2.26. The van der Waals surface area contributed by atoms with Gasteiger partial charge in [-0.25, -0.2) is 6.57 Å². The van der Waals surface area contributed by atoms with Crippen LogP contribution in [0.3, 0.4) is 0 Å². The van der Waals surface area contributed by atoms with Gasteiger partial charge in [0.25, 0.3) is 5.91 Å². The zero-order valence-corrected chi connectivity index (χ0v) is 9.14. The van der Waals surface area contributed by atoms with Gasteiger partial charge >= 0.3 is 6.18 Å². The van der Waals surface area contributed by atoms with E-state index in [0.717, 1.165) is 4.90 Å². The third-order valence-corrected chi connectivity index (χ3v) is 2.09. The highest BCUT2D eigenvalue weighted by Crippen LogP contribution is 2.26. The maximum absolute atomic E-state index is 12.2. The van der Waals surface area contributed by atoms with E-state index in [1.54, 1.807) is 6.92 Å². The van der Waals surface area contributed by atoms with Crippen molar-refractivity contribution in [2.75, 3.05) is 13.1 Å². The van der Waals surface area contributed by atoms with Gasteiger partial charge in [0.05, 0.1) is 0 Å². The van der Waals surface area contributed by atoms with E-state index in [-0.39, 0.29) is 13.1 Å². The fourth-order valence-electron chi connectivity index (χ4n) is 1.18. The molecule has 0 heterocycles. The molecule has 1 amide bonds. The van der Waals surface area contributed by atoms with Crippen molar-refractivity contribution in [3.63, 3.8) is 0 Å². The molecule has 6 heteroatoms. The van der Waals surface area contributed by atoms with E-state index in [1.807, 2.05) is 0 Å². The first-order valence-electron chi connectivity index (χ1n) is 4.66. The number of likely N-dealkylation sites (N-methyl/N-ethyl adjacent to an activating group) is 1. The van der Waals surface area contributed by atoms with E-state index < -0.39 is 23.7 Å². The molecule has 0 radical (unpaired) electrons. The van der Waals surface area contributed by atoms with Crippen molar-refractivity contribution in [2.45, 2.75) is 26.1 Å². The normalized spacial score (nSPS) is 12.8. The van der Waals surface area contributed by atoms with Crippen LogP contribution in [0.1, 0.15) is 13.8 Å². The highest BCUT2D eigenvalue weighted by Gasteiger charge is 2.39. The summed E-state index contributed by atoms with van der Waals surface area (Å²) in [5, 5.41) is 0. The number of hydrogen-bond acceptors (Lipinski definition) is 1. The van der Waals surface area contributed by atoms with Crippen LogP contribution in [0, 0.1) is 6.57 Å². The van der Waals surface area contributed by atoms with Crippen molar-refractivity contribution in [1.82, 2.24) is 4.90 Å². The average molecular weight is 234 g/mol. The van der Waals surface area contributed by atoms with Crippen LogP contribution in [0.25, 0.3) is 4.85 Å². The minimum Gasteiger partial charge on any atom is -0.329 e. The van der Waals surface area contributed by atoms with E-state index >= 15 is 0 Å². The van der Waals surface area contributed by atoms with Crippen LogP contribution in [-0.4, -0.2) is 36.1 Å². The minimum absolute atomic E-state index is 0.0231. The first-order valence-corrected chi connectivity index (χ1v) is 4.66. The Labute approximate surface area is 92.4 Å². The molecule has 16 heavy (non-hydrogen) atoms. The molecule has 0 N–H and O–H groups in total. The van der Waals surface area contributed by atoms with Crippen molar-refractivity contribution < 1.29 is 18.0 Å². The smallest absolute Gasteiger partial charge is 0.329 e. The first-order chi connectivity index (χ1) is 7.25. The Kier molecular flexibility index (Phi) is 5.02. The standard InChI is InChI=1S/C10H13F3N2O/c1-5-15(7(2)6-14-4)9(16)8(3)10(11,12)13/h7H,3,5-6H2,1-2H3/t7-/m1/s1. The summed E-state index contributed by atoms with van der Waals surface area (Å²) in [6.45, 7) is 12.5.